The maximum atomic E-state index is 11.6. The van der Waals surface area contributed by atoms with Crippen molar-refractivity contribution in [1.82, 2.24) is 10.6 Å². The SMILES string of the molecule is CC(=O)NC1(NC(C)=O)CC2CCC1(C)C2(C)C. The second-order valence-corrected chi connectivity index (χ2v) is 6.76. The van der Waals surface area contributed by atoms with Crippen molar-refractivity contribution in [2.24, 2.45) is 16.7 Å². The van der Waals surface area contributed by atoms with Crippen LogP contribution in [0.25, 0.3) is 0 Å². The van der Waals surface area contributed by atoms with Crippen LogP contribution in [0.3, 0.4) is 0 Å². The van der Waals surface area contributed by atoms with Gasteiger partial charge in [-0.3, -0.25) is 9.59 Å². The van der Waals surface area contributed by atoms with Crippen molar-refractivity contribution < 1.29 is 9.59 Å². The van der Waals surface area contributed by atoms with Gasteiger partial charge in [0.05, 0.1) is 0 Å². The van der Waals surface area contributed by atoms with Crippen molar-refractivity contribution in [3.8, 4) is 0 Å². The molecule has 2 unspecified atom stereocenters. The lowest BCUT2D eigenvalue weighted by Crippen LogP contribution is -2.68. The van der Waals surface area contributed by atoms with Gasteiger partial charge in [0.2, 0.25) is 11.8 Å². The van der Waals surface area contributed by atoms with Gasteiger partial charge in [0.25, 0.3) is 0 Å². The molecule has 0 aromatic rings. The molecule has 2 aliphatic rings. The Balaban J connectivity index is 2.43. The van der Waals surface area contributed by atoms with Crippen LogP contribution in [-0.2, 0) is 9.59 Å². The van der Waals surface area contributed by atoms with E-state index in [-0.39, 0.29) is 22.6 Å². The molecule has 2 aliphatic carbocycles. The van der Waals surface area contributed by atoms with Gasteiger partial charge >= 0.3 is 0 Å². The third-order valence-corrected chi connectivity index (χ3v) is 5.71. The van der Waals surface area contributed by atoms with Gasteiger partial charge in [-0.2, -0.15) is 0 Å². The third kappa shape index (κ3) is 1.50. The van der Waals surface area contributed by atoms with Crippen molar-refractivity contribution in [3.63, 3.8) is 0 Å². The van der Waals surface area contributed by atoms with Crippen LogP contribution in [-0.4, -0.2) is 17.5 Å². The normalized spacial score (nSPS) is 35.3. The first kappa shape index (κ1) is 13.4. The van der Waals surface area contributed by atoms with Gasteiger partial charge in [0, 0.05) is 19.3 Å². The Morgan fingerprint density at radius 3 is 1.83 bits per heavy atom. The highest BCUT2D eigenvalue weighted by molar-refractivity contribution is 5.78. The molecule has 2 N–H and O–H groups in total. The standard InChI is InChI=1S/C14H24N2O2/c1-9(17)15-14(16-10(2)18)8-11-6-7-13(14,5)12(11,3)4/h11H,6-8H2,1-5H3,(H,15,17)(H,16,18). The highest BCUT2D eigenvalue weighted by Crippen LogP contribution is 2.68. The lowest BCUT2D eigenvalue weighted by Gasteiger charge is -2.49. The second-order valence-electron chi connectivity index (χ2n) is 6.76. The zero-order chi connectivity index (χ0) is 13.8. The molecule has 0 saturated heterocycles. The van der Waals surface area contributed by atoms with Crippen LogP contribution in [0.15, 0.2) is 0 Å². The lowest BCUT2D eigenvalue weighted by atomic mass is 9.66. The number of carbonyl (C=O) groups excluding carboxylic acids is 2. The number of carbonyl (C=O) groups is 2. The zero-order valence-electron chi connectivity index (χ0n) is 12.0. The van der Waals surface area contributed by atoms with Gasteiger partial charge < -0.3 is 10.6 Å². The smallest absolute Gasteiger partial charge is 0.218 e. The molecule has 0 radical (unpaired) electrons. The topological polar surface area (TPSA) is 58.2 Å². The Hall–Kier alpha value is -1.06. The lowest BCUT2D eigenvalue weighted by molar-refractivity contribution is -0.129. The summed E-state index contributed by atoms with van der Waals surface area (Å²) in [6.07, 6.45) is 3.07. The average Bonchev–Trinajstić information content (AvgIpc) is 2.47. The molecule has 0 spiro atoms. The summed E-state index contributed by atoms with van der Waals surface area (Å²) in [5.74, 6) is 0.405. The molecule has 4 nitrogen and oxygen atoms in total. The number of rotatable bonds is 2. The predicted molar refractivity (Wildman–Crippen MR) is 69.6 cm³/mol. The van der Waals surface area contributed by atoms with Crippen molar-refractivity contribution in [2.45, 2.75) is 59.5 Å². The van der Waals surface area contributed by atoms with Crippen LogP contribution in [0, 0.1) is 16.7 Å². The van der Waals surface area contributed by atoms with E-state index in [9.17, 15) is 9.59 Å². The molecule has 2 fully saturated rings. The summed E-state index contributed by atoms with van der Waals surface area (Å²) in [4.78, 5) is 23.1. The molecule has 2 amide bonds. The molecule has 2 bridgehead atoms. The molecule has 0 heterocycles. The Morgan fingerprint density at radius 2 is 1.56 bits per heavy atom. The van der Waals surface area contributed by atoms with Gasteiger partial charge in [-0.25, -0.2) is 0 Å². The summed E-state index contributed by atoms with van der Waals surface area (Å²) in [6.45, 7) is 9.76. The molecule has 102 valence electrons. The highest BCUT2D eigenvalue weighted by Gasteiger charge is 2.69. The summed E-state index contributed by atoms with van der Waals surface area (Å²) in [6, 6.07) is 0. The molecule has 0 aromatic carbocycles. The monoisotopic (exact) mass is 252 g/mol. The zero-order valence-corrected chi connectivity index (χ0v) is 12.0. The quantitative estimate of drug-likeness (QED) is 0.736. The highest BCUT2D eigenvalue weighted by atomic mass is 16.2. The molecule has 18 heavy (non-hydrogen) atoms. The molecule has 0 aromatic heterocycles. The first-order valence-corrected chi connectivity index (χ1v) is 6.72. The molecule has 0 aliphatic heterocycles. The van der Waals surface area contributed by atoms with Crippen LogP contribution in [0.4, 0.5) is 0 Å². The maximum absolute atomic E-state index is 11.6. The van der Waals surface area contributed by atoms with Crippen molar-refractivity contribution in [1.29, 1.82) is 0 Å². The van der Waals surface area contributed by atoms with Crippen molar-refractivity contribution in [3.05, 3.63) is 0 Å². The van der Waals surface area contributed by atoms with E-state index in [1.165, 1.54) is 20.3 Å². The van der Waals surface area contributed by atoms with Crippen molar-refractivity contribution >= 4 is 11.8 Å². The van der Waals surface area contributed by atoms with E-state index in [2.05, 4.69) is 31.4 Å². The molecule has 2 rings (SSSR count). The minimum absolute atomic E-state index is 0.0756. The van der Waals surface area contributed by atoms with Gasteiger partial charge in [0.1, 0.15) is 5.66 Å². The van der Waals surface area contributed by atoms with Gasteiger partial charge in [0.15, 0.2) is 0 Å². The summed E-state index contributed by atoms with van der Waals surface area (Å²) in [5, 5.41) is 6.09. The van der Waals surface area contributed by atoms with Crippen LogP contribution in [0.5, 0.6) is 0 Å². The van der Waals surface area contributed by atoms with Gasteiger partial charge in [-0.15, -0.1) is 0 Å². The minimum Gasteiger partial charge on any atom is -0.333 e. The van der Waals surface area contributed by atoms with E-state index in [0.29, 0.717) is 5.92 Å². The average molecular weight is 252 g/mol. The first-order valence-electron chi connectivity index (χ1n) is 6.72. The minimum atomic E-state index is -0.572. The van der Waals surface area contributed by atoms with Crippen LogP contribution in [0.1, 0.15) is 53.9 Å². The Kier molecular flexibility index (Phi) is 2.76. The first-order chi connectivity index (χ1) is 8.15. The molecule has 4 heteroatoms. The van der Waals surface area contributed by atoms with E-state index < -0.39 is 5.66 Å². The van der Waals surface area contributed by atoms with Crippen LogP contribution >= 0.6 is 0 Å². The van der Waals surface area contributed by atoms with Crippen molar-refractivity contribution in [2.75, 3.05) is 0 Å². The number of hydrogen-bond acceptors (Lipinski definition) is 2. The van der Waals surface area contributed by atoms with E-state index in [0.717, 1.165) is 12.8 Å². The van der Waals surface area contributed by atoms with Crippen LogP contribution < -0.4 is 10.6 Å². The van der Waals surface area contributed by atoms with E-state index in [1.54, 1.807) is 0 Å². The number of amides is 2. The fraction of sp³-hybridized carbons (Fsp3) is 0.857. The third-order valence-electron chi connectivity index (χ3n) is 5.71. The summed E-state index contributed by atoms with van der Waals surface area (Å²) < 4.78 is 0. The number of hydrogen-bond donors (Lipinski definition) is 2. The number of fused-ring (bicyclic) bond motifs is 2. The molecular weight excluding hydrogens is 228 g/mol. The largest absolute Gasteiger partial charge is 0.333 e. The fourth-order valence-electron chi connectivity index (χ4n) is 4.32. The van der Waals surface area contributed by atoms with E-state index in [4.69, 9.17) is 0 Å². The molecular formula is C14H24N2O2. The van der Waals surface area contributed by atoms with E-state index in [1.807, 2.05) is 0 Å². The summed E-state index contributed by atoms with van der Waals surface area (Å²) >= 11 is 0. The Bertz CT molecular complexity index is 387. The van der Waals surface area contributed by atoms with E-state index >= 15 is 0 Å². The number of nitrogens with one attached hydrogen (secondary N) is 2. The Morgan fingerprint density at radius 1 is 1.06 bits per heavy atom. The summed E-state index contributed by atoms with van der Waals surface area (Å²) in [5.41, 5.74) is -0.517. The maximum Gasteiger partial charge on any atom is 0.218 e. The van der Waals surface area contributed by atoms with Gasteiger partial charge in [-0.1, -0.05) is 20.8 Å². The second kappa shape index (κ2) is 3.72. The fourth-order valence-corrected chi connectivity index (χ4v) is 4.32. The molecule has 2 saturated carbocycles. The predicted octanol–water partition coefficient (Wildman–Crippen LogP) is 1.80. The summed E-state index contributed by atoms with van der Waals surface area (Å²) in [7, 11) is 0. The molecule has 2 atom stereocenters. The van der Waals surface area contributed by atoms with Gasteiger partial charge in [-0.05, 0) is 30.6 Å². The Labute approximate surface area is 109 Å². The van der Waals surface area contributed by atoms with Crippen LogP contribution in [0.2, 0.25) is 0 Å².